The molecule has 0 amide bonds. The van der Waals surface area contributed by atoms with Gasteiger partial charge in [-0.15, -0.1) is 0 Å². The van der Waals surface area contributed by atoms with Gasteiger partial charge in [-0.3, -0.25) is 0 Å². The zero-order chi connectivity index (χ0) is 18.4. The highest BCUT2D eigenvalue weighted by Crippen LogP contribution is 2.33. The maximum atomic E-state index is 12.1. The lowest BCUT2D eigenvalue weighted by molar-refractivity contribution is -0.0498. The van der Waals surface area contributed by atoms with Crippen molar-refractivity contribution in [2.45, 2.75) is 13.5 Å². The summed E-state index contributed by atoms with van der Waals surface area (Å²) >= 11 is 5.28. The van der Waals surface area contributed by atoms with E-state index in [4.69, 9.17) is 21.7 Å². The average molecular weight is 368 g/mol. The molecule has 2 rings (SSSR count). The number of thiocarbonyl (C=S) groups is 1. The maximum absolute atomic E-state index is 12.1. The van der Waals surface area contributed by atoms with Crippen molar-refractivity contribution in [2.24, 2.45) is 0 Å². The molecule has 8 heteroatoms. The van der Waals surface area contributed by atoms with Gasteiger partial charge in [0.1, 0.15) is 5.75 Å². The van der Waals surface area contributed by atoms with Gasteiger partial charge in [-0.05, 0) is 55.0 Å². The van der Waals surface area contributed by atoms with E-state index in [1.807, 2.05) is 13.0 Å². The van der Waals surface area contributed by atoms with Crippen molar-refractivity contribution in [2.75, 3.05) is 24.9 Å². The van der Waals surface area contributed by atoms with E-state index in [1.54, 1.807) is 32.4 Å². The highest BCUT2D eigenvalue weighted by molar-refractivity contribution is 7.80. The van der Waals surface area contributed by atoms with Crippen LogP contribution in [0.2, 0.25) is 0 Å². The third kappa shape index (κ3) is 5.18. The van der Waals surface area contributed by atoms with Gasteiger partial charge in [-0.2, -0.15) is 8.78 Å². The van der Waals surface area contributed by atoms with Gasteiger partial charge in [0.25, 0.3) is 0 Å². The largest absolute Gasteiger partial charge is 0.493 e. The Morgan fingerprint density at radius 1 is 1.00 bits per heavy atom. The van der Waals surface area contributed by atoms with Crippen molar-refractivity contribution < 1.29 is 23.0 Å². The quantitative estimate of drug-likeness (QED) is 0.736. The first-order chi connectivity index (χ1) is 11.9. The van der Waals surface area contributed by atoms with Crippen molar-refractivity contribution >= 4 is 28.7 Å². The molecule has 0 unspecified atom stereocenters. The number of methoxy groups -OCH3 is 2. The molecular weight excluding hydrogens is 350 g/mol. The van der Waals surface area contributed by atoms with Gasteiger partial charge < -0.3 is 24.8 Å². The third-order valence-electron chi connectivity index (χ3n) is 3.32. The van der Waals surface area contributed by atoms with Crippen LogP contribution in [0.5, 0.6) is 17.2 Å². The van der Waals surface area contributed by atoms with Crippen LogP contribution in [0.25, 0.3) is 0 Å². The summed E-state index contributed by atoms with van der Waals surface area (Å²) < 4.78 is 39.1. The first-order valence-corrected chi connectivity index (χ1v) is 7.69. The molecule has 0 aromatic heterocycles. The number of aryl methyl sites for hydroxylation is 1. The lowest BCUT2D eigenvalue weighted by Gasteiger charge is -2.16. The Kier molecular flexibility index (Phi) is 6.35. The average Bonchev–Trinajstić information content (AvgIpc) is 2.57. The zero-order valence-electron chi connectivity index (χ0n) is 13.9. The van der Waals surface area contributed by atoms with E-state index in [2.05, 4.69) is 15.4 Å². The Morgan fingerprint density at radius 2 is 1.60 bits per heavy atom. The lowest BCUT2D eigenvalue weighted by Crippen LogP contribution is -2.19. The molecule has 0 radical (unpaired) electrons. The number of anilines is 2. The van der Waals surface area contributed by atoms with Crippen LogP contribution >= 0.6 is 12.2 Å². The minimum atomic E-state index is -2.85. The van der Waals surface area contributed by atoms with Crippen LogP contribution in [-0.4, -0.2) is 25.9 Å². The summed E-state index contributed by atoms with van der Waals surface area (Å²) in [6.45, 7) is -0.946. The number of halogens is 2. The van der Waals surface area contributed by atoms with Crippen LogP contribution in [0.15, 0.2) is 36.4 Å². The molecular formula is C17H18F2N2O3S. The number of hydrogen-bond acceptors (Lipinski definition) is 4. The smallest absolute Gasteiger partial charge is 0.387 e. The second kappa shape index (κ2) is 8.48. The van der Waals surface area contributed by atoms with Crippen LogP contribution in [0.1, 0.15) is 5.56 Å². The van der Waals surface area contributed by atoms with Crippen LogP contribution in [0.3, 0.4) is 0 Å². The van der Waals surface area contributed by atoms with E-state index in [0.29, 0.717) is 22.3 Å². The number of nitrogens with one attached hydrogen (secondary N) is 2. The minimum absolute atomic E-state index is 0.0789. The second-order valence-electron chi connectivity index (χ2n) is 5.00. The van der Waals surface area contributed by atoms with Crippen molar-refractivity contribution in [1.29, 1.82) is 0 Å². The molecule has 0 aliphatic heterocycles. The Hall–Kier alpha value is -2.61. The number of ether oxygens (including phenoxy) is 3. The van der Waals surface area contributed by atoms with E-state index in [1.165, 1.54) is 12.1 Å². The molecule has 0 fully saturated rings. The van der Waals surface area contributed by atoms with Crippen molar-refractivity contribution in [1.82, 2.24) is 0 Å². The Labute approximate surface area is 149 Å². The summed E-state index contributed by atoms with van der Waals surface area (Å²) in [5, 5.41) is 6.38. The highest BCUT2D eigenvalue weighted by Gasteiger charge is 2.10. The first kappa shape index (κ1) is 18.7. The molecule has 0 aliphatic carbocycles. The zero-order valence-corrected chi connectivity index (χ0v) is 14.7. The highest BCUT2D eigenvalue weighted by atomic mass is 32.1. The fraction of sp³-hybridized carbons (Fsp3) is 0.235. The van der Waals surface area contributed by atoms with Crippen LogP contribution < -0.4 is 24.8 Å². The van der Waals surface area contributed by atoms with Gasteiger partial charge in [-0.1, -0.05) is 0 Å². The molecule has 0 saturated heterocycles. The van der Waals surface area contributed by atoms with E-state index < -0.39 is 6.61 Å². The van der Waals surface area contributed by atoms with Gasteiger partial charge in [0, 0.05) is 17.4 Å². The van der Waals surface area contributed by atoms with Gasteiger partial charge in [0.2, 0.25) is 0 Å². The van der Waals surface area contributed by atoms with Crippen molar-refractivity contribution in [3.8, 4) is 17.2 Å². The summed E-state index contributed by atoms with van der Waals surface area (Å²) in [7, 11) is 3.12. The van der Waals surface area contributed by atoms with Crippen molar-refractivity contribution in [3.63, 3.8) is 0 Å². The van der Waals surface area contributed by atoms with E-state index in [0.717, 1.165) is 11.3 Å². The number of hydrogen-bond donors (Lipinski definition) is 2. The molecule has 0 saturated carbocycles. The van der Waals surface area contributed by atoms with Gasteiger partial charge in [-0.25, -0.2) is 0 Å². The van der Waals surface area contributed by atoms with Gasteiger partial charge in [0.15, 0.2) is 16.6 Å². The van der Waals surface area contributed by atoms with E-state index in [-0.39, 0.29) is 5.75 Å². The fourth-order valence-corrected chi connectivity index (χ4v) is 2.35. The Morgan fingerprint density at radius 3 is 2.16 bits per heavy atom. The fourth-order valence-electron chi connectivity index (χ4n) is 2.12. The molecule has 0 aliphatic rings. The Balaban J connectivity index is 2.05. The standard InChI is InChI=1S/C17H18F2N2O3S/c1-10-8-14(22-2)15(23-3)9-13(10)21-17(25)20-11-4-6-12(7-5-11)24-16(18)19/h4-9,16H,1-3H3,(H2,20,21,25). The topological polar surface area (TPSA) is 51.8 Å². The minimum Gasteiger partial charge on any atom is -0.493 e. The summed E-state index contributed by atoms with van der Waals surface area (Å²) in [5.41, 5.74) is 2.31. The molecule has 0 bridgehead atoms. The van der Waals surface area contributed by atoms with E-state index >= 15 is 0 Å². The molecule has 0 spiro atoms. The molecule has 2 aromatic rings. The molecule has 2 N–H and O–H groups in total. The van der Waals surface area contributed by atoms with Gasteiger partial charge >= 0.3 is 6.61 Å². The Bertz CT molecular complexity index is 739. The SMILES string of the molecule is COc1cc(C)c(NC(=S)Nc2ccc(OC(F)F)cc2)cc1OC. The van der Waals surface area contributed by atoms with Gasteiger partial charge in [0.05, 0.1) is 14.2 Å². The molecule has 0 atom stereocenters. The summed E-state index contributed by atoms with van der Waals surface area (Å²) in [4.78, 5) is 0. The predicted octanol–water partition coefficient (Wildman–Crippen LogP) is 4.42. The summed E-state index contributed by atoms with van der Waals surface area (Å²) in [6, 6.07) is 9.65. The summed E-state index contributed by atoms with van der Waals surface area (Å²) in [6.07, 6.45) is 0. The van der Waals surface area contributed by atoms with E-state index in [9.17, 15) is 8.78 Å². The number of alkyl halides is 2. The summed E-state index contributed by atoms with van der Waals surface area (Å²) in [5.74, 6) is 1.28. The molecule has 25 heavy (non-hydrogen) atoms. The molecule has 2 aromatic carbocycles. The molecule has 5 nitrogen and oxygen atoms in total. The van der Waals surface area contributed by atoms with Crippen LogP contribution in [0, 0.1) is 6.92 Å². The monoisotopic (exact) mass is 368 g/mol. The first-order valence-electron chi connectivity index (χ1n) is 7.28. The number of benzene rings is 2. The normalized spacial score (nSPS) is 10.3. The second-order valence-corrected chi connectivity index (χ2v) is 5.41. The molecule has 0 heterocycles. The maximum Gasteiger partial charge on any atom is 0.387 e. The van der Waals surface area contributed by atoms with Crippen LogP contribution in [0.4, 0.5) is 20.2 Å². The predicted molar refractivity (Wildman–Crippen MR) is 97.2 cm³/mol. The number of rotatable bonds is 6. The third-order valence-corrected chi connectivity index (χ3v) is 3.52. The van der Waals surface area contributed by atoms with Crippen LogP contribution in [-0.2, 0) is 0 Å². The van der Waals surface area contributed by atoms with Crippen molar-refractivity contribution in [3.05, 3.63) is 42.0 Å². The molecule has 134 valence electrons. The lowest BCUT2D eigenvalue weighted by atomic mass is 10.1.